The van der Waals surface area contributed by atoms with Crippen LogP contribution in [0, 0.1) is 11.7 Å². The van der Waals surface area contributed by atoms with E-state index >= 15 is 0 Å². The summed E-state index contributed by atoms with van der Waals surface area (Å²) in [4.78, 5) is 10.7. The molecule has 1 N–H and O–H groups in total. The van der Waals surface area contributed by atoms with Gasteiger partial charge in [-0.1, -0.05) is 12.1 Å². The van der Waals surface area contributed by atoms with Gasteiger partial charge in [0.05, 0.1) is 6.42 Å². The van der Waals surface area contributed by atoms with E-state index in [9.17, 15) is 13.6 Å². The first-order chi connectivity index (χ1) is 7.52. The molecule has 1 saturated carbocycles. The van der Waals surface area contributed by atoms with Crippen molar-refractivity contribution in [2.45, 2.75) is 24.9 Å². The predicted octanol–water partition coefficient (Wildman–Crippen LogP) is 2.88. The van der Waals surface area contributed by atoms with Crippen molar-refractivity contribution in [2.75, 3.05) is 0 Å². The third-order valence-electron chi connectivity index (χ3n) is 2.96. The van der Waals surface area contributed by atoms with Crippen LogP contribution in [-0.4, -0.2) is 11.1 Å². The van der Waals surface area contributed by atoms with Crippen molar-refractivity contribution in [1.82, 2.24) is 0 Å². The van der Waals surface area contributed by atoms with Crippen LogP contribution in [0.3, 0.4) is 0 Å². The van der Waals surface area contributed by atoms with Gasteiger partial charge in [-0.05, 0) is 36.5 Å². The molecule has 16 heavy (non-hydrogen) atoms. The molecule has 0 saturated heterocycles. The van der Waals surface area contributed by atoms with Crippen molar-refractivity contribution in [2.24, 2.45) is 5.92 Å². The SMILES string of the molecule is O=C(O)CC(F)(c1ccc(F)cc1)C1CC1. The maximum absolute atomic E-state index is 14.6. The molecule has 0 radical (unpaired) electrons. The number of halogens is 2. The molecule has 1 aliphatic carbocycles. The number of carboxylic acids is 1. The van der Waals surface area contributed by atoms with E-state index in [0.29, 0.717) is 12.8 Å². The molecule has 2 rings (SSSR count). The Morgan fingerprint density at radius 1 is 1.38 bits per heavy atom. The summed E-state index contributed by atoms with van der Waals surface area (Å²) in [5.74, 6) is -1.86. The molecule has 1 aromatic carbocycles. The van der Waals surface area contributed by atoms with Crippen molar-refractivity contribution in [3.8, 4) is 0 Å². The van der Waals surface area contributed by atoms with Crippen molar-refractivity contribution in [1.29, 1.82) is 0 Å². The number of hydrogen-bond acceptors (Lipinski definition) is 1. The van der Waals surface area contributed by atoms with Crippen molar-refractivity contribution in [3.63, 3.8) is 0 Å². The lowest BCUT2D eigenvalue weighted by molar-refractivity contribution is -0.141. The molecule has 1 unspecified atom stereocenters. The zero-order chi connectivity index (χ0) is 11.8. The van der Waals surface area contributed by atoms with Crippen LogP contribution in [0.5, 0.6) is 0 Å². The summed E-state index contributed by atoms with van der Waals surface area (Å²) < 4.78 is 27.3. The molecule has 4 heteroatoms. The summed E-state index contributed by atoms with van der Waals surface area (Å²) >= 11 is 0. The first-order valence-corrected chi connectivity index (χ1v) is 5.19. The van der Waals surface area contributed by atoms with E-state index in [2.05, 4.69) is 0 Å². The molecular weight excluding hydrogens is 214 g/mol. The van der Waals surface area contributed by atoms with Gasteiger partial charge in [0.2, 0.25) is 0 Å². The van der Waals surface area contributed by atoms with Crippen LogP contribution in [-0.2, 0) is 10.5 Å². The second kappa shape index (κ2) is 3.85. The summed E-state index contributed by atoms with van der Waals surface area (Å²) in [7, 11) is 0. The fourth-order valence-electron chi connectivity index (χ4n) is 1.97. The summed E-state index contributed by atoms with van der Waals surface area (Å²) in [5.41, 5.74) is -1.58. The Labute approximate surface area is 91.9 Å². The van der Waals surface area contributed by atoms with Crippen LogP contribution in [0.25, 0.3) is 0 Å². The zero-order valence-corrected chi connectivity index (χ0v) is 8.62. The summed E-state index contributed by atoms with van der Waals surface area (Å²) in [6, 6.07) is 4.98. The number of rotatable bonds is 4. The normalized spacial score (nSPS) is 19.1. The molecule has 0 amide bonds. The number of carboxylic acid groups (broad SMARTS) is 1. The quantitative estimate of drug-likeness (QED) is 0.857. The van der Waals surface area contributed by atoms with E-state index in [4.69, 9.17) is 5.11 Å². The highest BCUT2D eigenvalue weighted by Crippen LogP contribution is 2.50. The predicted molar refractivity (Wildman–Crippen MR) is 54.2 cm³/mol. The lowest BCUT2D eigenvalue weighted by Gasteiger charge is -2.23. The molecule has 0 bridgehead atoms. The van der Waals surface area contributed by atoms with Crippen molar-refractivity contribution < 1.29 is 18.7 Å². The maximum atomic E-state index is 14.6. The largest absolute Gasteiger partial charge is 0.481 e. The number of carbonyl (C=O) groups is 1. The third kappa shape index (κ3) is 2.05. The van der Waals surface area contributed by atoms with Crippen LogP contribution in [0.4, 0.5) is 8.78 Å². The minimum atomic E-state index is -1.85. The second-order valence-corrected chi connectivity index (χ2v) is 4.21. The average Bonchev–Trinajstić information content (AvgIpc) is 3.00. The van der Waals surface area contributed by atoms with Gasteiger partial charge in [-0.3, -0.25) is 4.79 Å². The molecule has 2 nitrogen and oxygen atoms in total. The molecule has 0 aromatic heterocycles. The van der Waals surface area contributed by atoms with Gasteiger partial charge in [-0.2, -0.15) is 0 Å². The Morgan fingerprint density at radius 2 is 1.94 bits per heavy atom. The van der Waals surface area contributed by atoms with Gasteiger partial charge in [0.15, 0.2) is 0 Å². The van der Waals surface area contributed by atoms with E-state index in [0.717, 1.165) is 12.1 Å². The second-order valence-electron chi connectivity index (χ2n) is 4.21. The summed E-state index contributed by atoms with van der Waals surface area (Å²) in [6.45, 7) is 0. The van der Waals surface area contributed by atoms with Crippen molar-refractivity contribution >= 4 is 5.97 Å². The molecule has 1 aliphatic rings. The number of alkyl halides is 1. The minimum Gasteiger partial charge on any atom is -0.481 e. The molecular formula is C12H12F2O2. The number of aliphatic carboxylic acids is 1. The lowest BCUT2D eigenvalue weighted by atomic mass is 9.87. The van der Waals surface area contributed by atoms with Crippen LogP contribution >= 0.6 is 0 Å². The number of hydrogen-bond donors (Lipinski definition) is 1. The van der Waals surface area contributed by atoms with Gasteiger partial charge < -0.3 is 5.11 Å². The molecule has 1 atom stereocenters. The Hall–Kier alpha value is -1.45. The molecule has 0 spiro atoms. The van der Waals surface area contributed by atoms with Gasteiger partial charge in [-0.15, -0.1) is 0 Å². The van der Waals surface area contributed by atoms with E-state index in [1.165, 1.54) is 12.1 Å². The first-order valence-electron chi connectivity index (χ1n) is 5.19. The fraction of sp³-hybridized carbons (Fsp3) is 0.417. The highest BCUT2D eigenvalue weighted by molar-refractivity contribution is 5.68. The Kier molecular flexibility index (Phi) is 2.66. The standard InChI is InChI=1S/C12H12F2O2/c13-10-5-3-9(4-6-10)12(14,7-11(15)16)8-1-2-8/h3-6,8H,1-2,7H2,(H,15,16). The molecule has 1 fully saturated rings. The lowest BCUT2D eigenvalue weighted by Crippen LogP contribution is -2.26. The highest BCUT2D eigenvalue weighted by atomic mass is 19.1. The Bertz CT molecular complexity index is 398. The molecule has 0 heterocycles. The van der Waals surface area contributed by atoms with Crippen molar-refractivity contribution in [3.05, 3.63) is 35.6 Å². The maximum Gasteiger partial charge on any atom is 0.306 e. The van der Waals surface area contributed by atoms with E-state index in [1.54, 1.807) is 0 Å². The fourth-order valence-corrected chi connectivity index (χ4v) is 1.97. The van der Waals surface area contributed by atoms with Gasteiger partial charge in [0.1, 0.15) is 11.5 Å². The van der Waals surface area contributed by atoms with Crippen LogP contribution < -0.4 is 0 Å². The third-order valence-corrected chi connectivity index (χ3v) is 2.96. The summed E-state index contributed by atoms with van der Waals surface area (Å²) in [5, 5.41) is 8.73. The number of benzene rings is 1. The van der Waals surface area contributed by atoms with Crippen LogP contribution in [0.1, 0.15) is 24.8 Å². The van der Waals surface area contributed by atoms with Gasteiger partial charge in [-0.25, -0.2) is 8.78 Å². The first kappa shape index (κ1) is 11.0. The summed E-state index contributed by atoms with van der Waals surface area (Å²) in [6.07, 6.45) is 0.839. The van der Waals surface area contributed by atoms with Gasteiger partial charge in [0.25, 0.3) is 0 Å². The van der Waals surface area contributed by atoms with Crippen LogP contribution in [0.2, 0.25) is 0 Å². The topological polar surface area (TPSA) is 37.3 Å². The zero-order valence-electron chi connectivity index (χ0n) is 8.62. The van der Waals surface area contributed by atoms with Gasteiger partial charge >= 0.3 is 5.97 Å². The monoisotopic (exact) mass is 226 g/mol. The van der Waals surface area contributed by atoms with Crippen LogP contribution in [0.15, 0.2) is 24.3 Å². The smallest absolute Gasteiger partial charge is 0.306 e. The van der Waals surface area contributed by atoms with E-state index in [-0.39, 0.29) is 11.5 Å². The Balaban J connectivity index is 2.31. The van der Waals surface area contributed by atoms with E-state index in [1.807, 2.05) is 0 Å². The molecule has 1 aromatic rings. The highest BCUT2D eigenvalue weighted by Gasteiger charge is 2.48. The van der Waals surface area contributed by atoms with Gasteiger partial charge in [0, 0.05) is 0 Å². The van der Waals surface area contributed by atoms with E-state index < -0.39 is 23.9 Å². The Morgan fingerprint density at radius 3 is 2.38 bits per heavy atom. The molecule has 86 valence electrons. The molecule has 0 aliphatic heterocycles. The average molecular weight is 226 g/mol. The minimum absolute atomic E-state index is 0.242.